The Labute approximate surface area is 135 Å². The van der Waals surface area contributed by atoms with E-state index in [2.05, 4.69) is 4.90 Å². The maximum Gasteiger partial charge on any atom is 0.243 e. The third-order valence-electron chi connectivity index (χ3n) is 3.49. The molecule has 0 radical (unpaired) electrons. The van der Waals surface area contributed by atoms with Crippen LogP contribution in [0.5, 0.6) is 0 Å². The predicted octanol–water partition coefficient (Wildman–Crippen LogP) is 1.52. The number of hydrogen-bond donors (Lipinski definition) is 1. The van der Waals surface area contributed by atoms with Crippen LogP contribution in [0.25, 0.3) is 0 Å². The van der Waals surface area contributed by atoms with Crippen molar-refractivity contribution in [1.82, 2.24) is 9.21 Å². The summed E-state index contributed by atoms with van der Waals surface area (Å²) in [5.41, 5.74) is 5.67. The van der Waals surface area contributed by atoms with Gasteiger partial charge in [0.25, 0.3) is 0 Å². The van der Waals surface area contributed by atoms with E-state index in [9.17, 15) is 12.8 Å². The van der Waals surface area contributed by atoms with Gasteiger partial charge in [0.2, 0.25) is 10.0 Å². The minimum Gasteiger partial charge on any atom is -0.324 e. The first-order chi connectivity index (χ1) is 10.1. The SMILES string of the molecule is CC(C)(N)CN1CCN(S(=O)(=O)c2ccc(F)c(Cl)c2)CC1. The highest BCUT2D eigenvalue weighted by Gasteiger charge is 2.30. The molecule has 0 spiro atoms. The molecule has 2 N–H and O–H groups in total. The number of nitrogens with zero attached hydrogens (tertiary/aromatic N) is 2. The van der Waals surface area contributed by atoms with E-state index in [1.165, 1.54) is 10.4 Å². The van der Waals surface area contributed by atoms with E-state index < -0.39 is 15.8 Å². The lowest BCUT2D eigenvalue weighted by molar-refractivity contribution is 0.162. The molecule has 5 nitrogen and oxygen atoms in total. The van der Waals surface area contributed by atoms with Gasteiger partial charge in [0, 0.05) is 38.3 Å². The van der Waals surface area contributed by atoms with E-state index in [0.29, 0.717) is 32.7 Å². The quantitative estimate of drug-likeness (QED) is 0.895. The molecule has 8 heteroatoms. The predicted molar refractivity (Wildman–Crippen MR) is 84.9 cm³/mol. The second-order valence-electron chi connectivity index (χ2n) is 6.24. The van der Waals surface area contributed by atoms with Crippen LogP contribution in [0.4, 0.5) is 4.39 Å². The molecule has 1 aromatic rings. The number of hydrogen-bond acceptors (Lipinski definition) is 4. The molecule has 0 amide bonds. The standard InChI is InChI=1S/C14H21ClFN3O2S/c1-14(2,17)10-18-5-7-19(8-6-18)22(20,21)11-3-4-13(16)12(15)9-11/h3-4,9H,5-8,10,17H2,1-2H3. The zero-order chi connectivity index (χ0) is 16.5. The lowest BCUT2D eigenvalue weighted by Crippen LogP contribution is -2.53. The molecule has 0 unspecified atom stereocenters. The summed E-state index contributed by atoms with van der Waals surface area (Å²) >= 11 is 5.67. The van der Waals surface area contributed by atoms with Crippen molar-refractivity contribution in [3.05, 3.63) is 29.0 Å². The topological polar surface area (TPSA) is 66.6 Å². The summed E-state index contributed by atoms with van der Waals surface area (Å²) in [6.07, 6.45) is 0. The molecule has 1 heterocycles. The molecule has 0 saturated carbocycles. The van der Waals surface area contributed by atoms with Gasteiger partial charge in [-0.3, -0.25) is 4.90 Å². The maximum absolute atomic E-state index is 13.2. The Morgan fingerprint density at radius 1 is 1.27 bits per heavy atom. The molecule has 1 aromatic carbocycles. The van der Waals surface area contributed by atoms with Crippen molar-refractivity contribution >= 4 is 21.6 Å². The fourth-order valence-electron chi connectivity index (χ4n) is 2.49. The van der Waals surface area contributed by atoms with Gasteiger partial charge in [-0.25, -0.2) is 12.8 Å². The highest BCUT2D eigenvalue weighted by Crippen LogP contribution is 2.23. The van der Waals surface area contributed by atoms with Gasteiger partial charge in [0.15, 0.2) is 0 Å². The number of rotatable bonds is 4. The molecule has 22 heavy (non-hydrogen) atoms. The third kappa shape index (κ3) is 4.17. The Balaban J connectivity index is 2.08. The Kier molecular flexibility index (Phi) is 5.13. The van der Waals surface area contributed by atoms with Crippen LogP contribution in [0.2, 0.25) is 5.02 Å². The number of sulfonamides is 1. The smallest absolute Gasteiger partial charge is 0.243 e. The Morgan fingerprint density at radius 2 is 1.86 bits per heavy atom. The summed E-state index contributed by atoms with van der Waals surface area (Å²) in [5, 5.41) is -0.190. The average molecular weight is 350 g/mol. The summed E-state index contributed by atoms with van der Waals surface area (Å²) in [6, 6.07) is 3.47. The van der Waals surface area contributed by atoms with Crippen molar-refractivity contribution in [2.75, 3.05) is 32.7 Å². The molecule has 1 aliphatic rings. The van der Waals surface area contributed by atoms with Crippen molar-refractivity contribution in [1.29, 1.82) is 0 Å². The molecular formula is C14H21ClFN3O2S. The maximum atomic E-state index is 13.2. The van der Waals surface area contributed by atoms with Crippen LogP contribution >= 0.6 is 11.6 Å². The molecule has 1 saturated heterocycles. The van der Waals surface area contributed by atoms with Crippen molar-refractivity contribution < 1.29 is 12.8 Å². The molecule has 0 aromatic heterocycles. The van der Waals surface area contributed by atoms with Crippen molar-refractivity contribution in [3.63, 3.8) is 0 Å². The van der Waals surface area contributed by atoms with Crippen LogP contribution in [0.3, 0.4) is 0 Å². The normalized spacial score (nSPS) is 18.6. The first kappa shape index (κ1) is 17.6. The minimum atomic E-state index is -3.64. The lowest BCUT2D eigenvalue weighted by atomic mass is 10.1. The molecule has 1 fully saturated rings. The van der Waals surface area contributed by atoms with E-state index in [0.717, 1.165) is 12.1 Å². The van der Waals surface area contributed by atoms with Crippen LogP contribution in [-0.4, -0.2) is 55.9 Å². The third-order valence-corrected chi connectivity index (χ3v) is 5.68. The fourth-order valence-corrected chi connectivity index (χ4v) is 4.18. The van der Waals surface area contributed by atoms with Crippen LogP contribution < -0.4 is 5.73 Å². The second-order valence-corrected chi connectivity index (χ2v) is 8.59. The molecule has 0 aliphatic carbocycles. The molecule has 124 valence electrons. The minimum absolute atomic E-state index is 0.0199. The summed E-state index contributed by atoms with van der Waals surface area (Å²) < 4.78 is 39.7. The molecule has 0 atom stereocenters. The van der Waals surface area contributed by atoms with E-state index in [-0.39, 0.29) is 15.5 Å². The van der Waals surface area contributed by atoms with Crippen LogP contribution in [0.1, 0.15) is 13.8 Å². The van der Waals surface area contributed by atoms with Gasteiger partial charge in [-0.15, -0.1) is 0 Å². The molecule has 0 bridgehead atoms. The first-order valence-corrected chi connectivity index (χ1v) is 8.88. The Bertz CT molecular complexity index is 638. The van der Waals surface area contributed by atoms with Crippen LogP contribution in [-0.2, 0) is 10.0 Å². The lowest BCUT2D eigenvalue weighted by Gasteiger charge is -2.37. The van der Waals surface area contributed by atoms with E-state index in [1.807, 2.05) is 13.8 Å². The van der Waals surface area contributed by atoms with E-state index in [4.69, 9.17) is 17.3 Å². The Hall–Kier alpha value is -0.730. The monoisotopic (exact) mass is 349 g/mol. The van der Waals surface area contributed by atoms with Gasteiger partial charge in [-0.1, -0.05) is 11.6 Å². The van der Waals surface area contributed by atoms with E-state index in [1.54, 1.807) is 0 Å². The van der Waals surface area contributed by atoms with Crippen molar-refractivity contribution in [2.45, 2.75) is 24.3 Å². The largest absolute Gasteiger partial charge is 0.324 e. The van der Waals surface area contributed by atoms with Gasteiger partial charge in [0.1, 0.15) is 5.82 Å². The fraction of sp³-hybridized carbons (Fsp3) is 0.571. The summed E-state index contributed by atoms with van der Waals surface area (Å²) in [7, 11) is -3.64. The van der Waals surface area contributed by atoms with Crippen molar-refractivity contribution in [2.24, 2.45) is 5.73 Å². The first-order valence-electron chi connectivity index (χ1n) is 7.06. The number of halogens is 2. The summed E-state index contributed by atoms with van der Waals surface area (Å²) in [4.78, 5) is 2.16. The highest BCUT2D eigenvalue weighted by atomic mass is 35.5. The zero-order valence-corrected chi connectivity index (χ0v) is 14.3. The second kappa shape index (κ2) is 6.41. The number of nitrogens with two attached hydrogens (primary N) is 1. The molecular weight excluding hydrogens is 329 g/mol. The van der Waals surface area contributed by atoms with Gasteiger partial charge < -0.3 is 5.73 Å². The zero-order valence-electron chi connectivity index (χ0n) is 12.7. The molecule has 2 rings (SSSR count). The number of piperazine rings is 1. The van der Waals surface area contributed by atoms with Gasteiger partial charge in [0.05, 0.1) is 9.92 Å². The number of benzene rings is 1. The Morgan fingerprint density at radius 3 is 2.36 bits per heavy atom. The van der Waals surface area contributed by atoms with Gasteiger partial charge in [-0.05, 0) is 32.0 Å². The van der Waals surface area contributed by atoms with E-state index >= 15 is 0 Å². The van der Waals surface area contributed by atoms with Crippen LogP contribution in [0, 0.1) is 5.82 Å². The van der Waals surface area contributed by atoms with Crippen LogP contribution in [0.15, 0.2) is 23.1 Å². The summed E-state index contributed by atoms with van der Waals surface area (Å²) in [5.74, 6) is -0.629. The van der Waals surface area contributed by atoms with Gasteiger partial charge in [-0.2, -0.15) is 4.31 Å². The average Bonchev–Trinajstić information content (AvgIpc) is 2.40. The van der Waals surface area contributed by atoms with Crippen molar-refractivity contribution in [3.8, 4) is 0 Å². The molecule has 1 aliphatic heterocycles. The van der Waals surface area contributed by atoms with Gasteiger partial charge >= 0.3 is 0 Å². The highest BCUT2D eigenvalue weighted by molar-refractivity contribution is 7.89. The summed E-state index contributed by atoms with van der Waals surface area (Å²) in [6.45, 7) is 6.60.